The second kappa shape index (κ2) is 5.34. The Morgan fingerprint density at radius 2 is 2.37 bits per heavy atom. The lowest BCUT2D eigenvalue weighted by atomic mass is 10.0. The predicted octanol–water partition coefficient (Wildman–Crippen LogP) is 2.63. The first kappa shape index (κ1) is 12.1. The third-order valence-electron chi connectivity index (χ3n) is 3.57. The number of anilines is 1. The maximum Gasteiger partial charge on any atom is 0.124 e. The first-order chi connectivity index (χ1) is 9.34. The Kier molecular flexibility index (Phi) is 3.40. The van der Waals surface area contributed by atoms with Crippen molar-refractivity contribution in [1.82, 2.24) is 9.55 Å². The summed E-state index contributed by atoms with van der Waals surface area (Å²) >= 11 is 0. The van der Waals surface area contributed by atoms with Crippen molar-refractivity contribution in [3.8, 4) is 5.75 Å². The summed E-state index contributed by atoms with van der Waals surface area (Å²) < 4.78 is 8.05. The van der Waals surface area contributed by atoms with E-state index in [0.717, 1.165) is 31.1 Å². The molecule has 4 heteroatoms. The molecule has 0 atom stereocenters. The van der Waals surface area contributed by atoms with Crippen LogP contribution in [0.25, 0.3) is 0 Å². The number of rotatable bonds is 4. The van der Waals surface area contributed by atoms with Gasteiger partial charge in [0.2, 0.25) is 0 Å². The summed E-state index contributed by atoms with van der Waals surface area (Å²) in [5.41, 5.74) is 2.54. The van der Waals surface area contributed by atoms with Crippen LogP contribution in [0.15, 0.2) is 30.6 Å². The van der Waals surface area contributed by atoms with Crippen LogP contribution in [0, 0.1) is 6.92 Å². The van der Waals surface area contributed by atoms with Gasteiger partial charge in [-0.2, -0.15) is 0 Å². The summed E-state index contributed by atoms with van der Waals surface area (Å²) in [7, 11) is 0. The molecule has 0 amide bonds. The molecule has 1 aliphatic heterocycles. The number of nitrogens with zero attached hydrogens (tertiary/aromatic N) is 2. The highest BCUT2D eigenvalue weighted by Crippen LogP contribution is 2.30. The number of benzene rings is 1. The molecule has 0 radical (unpaired) electrons. The fourth-order valence-electron chi connectivity index (χ4n) is 2.51. The molecule has 0 fully saturated rings. The maximum atomic E-state index is 5.94. The van der Waals surface area contributed by atoms with Gasteiger partial charge in [0, 0.05) is 30.2 Å². The van der Waals surface area contributed by atoms with Gasteiger partial charge >= 0.3 is 0 Å². The molecule has 1 aromatic carbocycles. The van der Waals surface area contributed by atoms with Crippen molar-refractivity contribution in [3.05, 3.63) is 42.0 Å². The maximum absolute atomic E-state index is 5.94. The molecule has 0 aliphatic carbocycles. The molecule has 0 spiro atoms. The zero-order valence-electron chi connectivity index (χ0n) is 11.2. The first-order valence-corrected chi connectivity index (χ1v) is 6.81. The van der Waals surface area contributed by atoms with E-state index in [0.29, 0.717) is 6.61 Å². The lowest BCUT2D eigenvalue weighted by Crippen LogP contribution is -2.14. The zero-order valence-corrected chi connectivity index (χ0v) is 11.2. The van der Waals surface area contributed by atoms with Gasteiger partial charge in [-0.3, -0.25) is 0 Å². The second-order valence-electron chi connectivity index (χ2n) is 4.83. The number of fused-ring (bicyclic) bond motifs is 1. The lowest BCUT2D eigenvalue weighted by molar-refractivity contribution is 0.294. The van der Waals surface area contributed by atoms with Gasteiger partial charge in [-0.1, -0.05) is 6.07 Å². The van der Waals surface area contributed by atoms with E-state index in [2.05, 4.69) is 33.1 Å². The van der Waals surface area contributed by atoms with Gasteiger partial charge in [0.05, 0.1) is 6.54 Å². The van der Waals surface area contributed by atoms with E-state index in [1.165, 1.54) is 17.7 Å². The van der Waals surface area contributed by atoms with Crippen LogP contribution >= 0.6 is 0 Å². The van der Waals surface area contributed by atoms with E-state index in [4.69, 9.17) is 4.74 Å². The molecule has 1 aliphatic rings. The standard InChI is InChI=1S/C15H19N3O/c1-12-16-8-9-18(12)10-11-19-15-6-2-5-14-13(15)4-3-7-17-14/h2,5-6,8-9,17H,3-4,7,10-11H2,1H3. The minimum atomic E-state index is 0.674. The van der Waals surface area contributed by atoms with E-state index < -0.39 is 0 Å². The SMILES string of the molecule is Cc1nccn1CCOc1cccc2c1CCCN2. The quantitative estimate of drug-likeness (QED) is 0.915. The summed E-state index contributed by atoms with van der Waals surface area (Å²) in [6.45, 7) is 4.58. The number of ether oxygens (including phenoxy) is 1. The molecule has 100 valence electrons. The predicted molar refractivity (Wildman–Crippen MR) is 75.7 cm³/mol. The average Bonchev–Trinajstić information content (AvgIpc) is 2.85. The Balaban J connectivity index is 1.66. The highest BCUT2D eigenvalue weighted by molar-refractivity contribution is 5.59. The summed E-state index contributed by atoms with van der Waals surface area (Å²) in [5, 5.41) is 3.42. The van der Waals surface area contributed by atoms with Crippen molar-refractivity contribution in [1.29, 1.82) is 0 Å². The van der Waals surface area contributed by atoms with Crippen LogP contribution in [0.5, 0.6) is 5.75 Å². The Bertz CT molecular complexity index is 562. The molecular weight excluding hydrogens is 238 g/mol. The van der Waals surface area contributed by atoms with Gasteiger partial charge in [0.1, 0.15) is 18.2 Å². The van der Waals surface area contributed by atoms with Crippen molar-refractivity contribution in [3.63, 3.8) is 0 Å². The lowest BCUT2D eigenvalue weighted by Gasteiger charge is -2.21. The molecule has 0 saturated carbocycles. The first-order valence-electron chi connectivity index (χ1n) is 6.81. The van der Waals surface area contributed by atoms with E-state index in [-0.39, 0.29) is 0 Å². The number of imidazole rings is 1. The number of nitrogens with one attached hydrogen (secondary N) is 1. The molecule has 19 heavy (non-hydrogen) atoms. The molecule has 0 bridgehead atoms. The smallest absolute Gasteiger partial charge is 0.124 e. The van der Waals surface area contributed by atoms with Crippen LogP contribution in [0.2, 0.25) is 0 Å². The monoisotopic (exact) mass is 257 g/mol. The van der Waals surface area contributed by atoms with Gasteiger partial charge in [-0.05, 0) is 31.9 Å². The zero-order chi connectivity index (χ0) is 13.1. The Hall–Kier alpha value is -1.97. The number of aryl methyl sites for hydroxylation is 1. The third kappa shape index (κ3) is 2.57. The van der Waals surface area contributed by atoms with Crippen molar-refractivity contribution >= 4 is 5.69 Å². The van der Waals surface area contributed by atoms with Crippen molar-refractivity contribution < 1.29 is 4.74 Å². The number of aromatic nitrogens is 2. The molecule has 0 saturated heterocycles. The van der Waals surface area contributed by atoms with E-state index in [1.54, 1.807) is 0 Å². The number of hydrogen-bond acceptors (Lipinski definition) is 3. The summed E-state index contributed by atoms with van der Waals surface area (Å²) in [6, 6.07) is 6.24. The molecule has 2 aromatic rings. The van der Waals surface area contributed by atoms with Gasteiger partial charge in [0.15, 0.2) is 0 Å². The largest absolute Gasteiger partial charge is 0.491 e. The van der Waals surface area contributed by atoms with Crippen LogP contribution in [-0.2, 0) is 13.0 Å². The average molecular weight is 257 g/mol. The summed E-state index contributed by atoms with van der Waals surface area (Å²) in [6.07, 6.45) is 6.08. The summed E-state index contributed by atoms with van der Waals surface area (Å²) in [4.78, 5) is 4.21. The number of hydrogen-bond donors (Lipinski definition) is 1. The Morgan fingerprint density at radius 3 is 3.21 bits per heavy atom. The Labute approximate surface area is 113 Å². The van der Waals surface area contributed by atoms with Gasteiger partial charge in [0.25, 0.3) is 0 Å². The molecule has 1 aromatic heterocycles. The van der Waals surface area contributed by atoms with Gasteiger partial charge < -0.3 is 14.6 Å². The van der Waals surface area contributed by atoms with Crippen molar-refractivity contribution in [2.75, 3.05) is 18.5 Å². The minimum absolute atomic E-state index is 0.674. The molecule has 4 nitrogen and oxygen atoms in total. The van der Waals surface area contributed by atoms with E-state index in [9.17, 15) is 0 Å². The molecule has 2 heterocycles. The molecule has 0 unspecified atom stereocenters. The van der Waals surface area contributed by atoms with Crippen LogP contribution in [0.1, 0.15) is 17.8 Å². The molecule has 1 N–H and O–H groups in total. The van der Waals surface area contributed by atoms with Crippen LogP contribution in [-0.4, -0.2) is 22.7 Å². The van der Waals surface area contributed by atoms with Crippen molar-refractivity contribution in [2.24, 2.45) is 0 Å². The minimum Gasteiger partial charge on any atom is -0.491 e. The fraction of sp³-hybridized carbons (Fsp3) is 0.400. The van der Waals surface area contributed by atoms with Crippen LogP contribution in [0.4, 0.5) is 5.69 Å². The summed E-state index contributed by atoms with van der Waals surface area (Å²) in [5.74, 6) is 2.04. The highest BCUT2D eigenvalue weighted by Gasteiger charge is 2.13. The van der Waals surface area contributed by atoms with Crippen molar-refractivity contribution in [2.45, 2.75) is 26.3 Å². The van der Waals surface area contributed by atoms with Gasteiger partial charge in [-0.25, -0.2) is 4.98 Å². The molecular formula is C15H19N3O. The van der Waals surface area contributed by atoms with E-state index >= 15 is 0 Å². The van der Waals surface area contributed by atoms with Crippen LogP contribution < -0.4 is 10.1 Å². The second-order valence-corrected chi connectivity index (χ2v) is 4.83. The van der Waals surface area contributed by atoms with Crippen LogP contribution in [0.3, 0.4) is 0 Å². The topological polar surface area (TPSA) is 39.1 Å². The molecule has 3 rings (SSSR count). The van der Waals surface area contributed by atoms with E-state index in [1.807, 2.05) is 19.3 Å². The Morgan fingerprint density at radius 1 is 1.42 bits per heavy atom. The van der Waals surface area contributed by atoms with Gasteiger partial charge in [-0.15, -0.1) is 0 Å². The fourth-order valence-corrected chi connectivity index (χ4v) is 2.51. The third-order valence-corrected chi connectivity index (χ3v) is 3.57. The normalized spacial score (nSPS) is 13.7. The highest BCUT2D eigenvalue weighted by atomic mass is 16.5.